The van der Waals surface area contributed by atoms with Crippen LogP contribution in [0.1, 0.15) is 16.7 Å². The number of carbonyl (C=O) groups excluding carboxylic acids is 2. The Balaban J connectivity index is 1.82. The van der Waals surface area contributed by atoms with Gasteiger partial charge in [0.15, 0.2) is 0 Å². The topological polar surface area (TPSA) is 74.0 Å². The van der Waals surface area contributed by atoms with Gasteiger partial charge in [0, 0.05) is 39.8 Å². The summed E-state index contributed by atoms with van der Waals surface area (Å²) in [5.41, 5.74) is 3.92. The standard InChI is InChI=1S/C24H18ClN3O2/c1-26-11-13-6-8-15-14(10-13)7-9-18(25)20(15)22-21(23(29)28-24(22)30)17-12-27-19-5-3-2-4-16(17)19/h2-10,12,26-27H,11H2,1H3,(H,28,29,30). The van der Waals surface area contributed by atoms with E-state index in [4.69, 9.17) is 11.6 Å². The van der Waals surface area contributed by atoms with Crippen LogP contribution in [0.4, 0.5) is 0 Å². The molecule has 0 fully saturated rings. The molecule has 2 amide bonds. The number of aromatic amines is 1. The predicted molar refractivity (Wildman–Crippen MR) is 120 cm³/mol. The van der Waals surface area contributed by atoms with E-state index in [-0.39, 0.29) is 0 Å². The van der Waals surface area contributed by atoms with Crippen LogP contribution in [0.25, 0.3) is 32.8 Å². The molecule has 0 saturated heterocycles. The van der Waals surface area contributed by atoms with Gasteiger partial charge in [-0.15, -0.1) is 0 Å². The van der Waals surface area contributed by atoms with Crippen molar-refractivity contribution in [2.24, 2.45) is 0 Å². The summed E-state index contributed by atoms with van der Waals surface area (Å²) in [6, 6.07) is 17.4. The molecule has 0 atom stereocenters. The van der Waals surface area contributed by atoms with E-state index in [1.54, 1.807) is 12.3 Å². The number of carbonyl (C=O) groups is 2. The van der Waals surface area contributed by atoms with E-state index in [0.717, 1.165) is 33.8 Å². The zero-order valence-electron chi connectivity index (χ0n) is 16.2. The van der Waals surface area contributed by atoms with E-state index >= 15 is 0 Å². The van der Waals surface area contributed by atoms with Crippen LogP contribution < -0.4 is 10.6 Å². The highest BCUT2D eigenvalue weighted by molar-refractivity contribution is 6.52. The van der Waals surface area contributed by atoms with Crippen molar-refractivity contribution < 1.29 is 9.59 Å². The van der Waals surface area contributed by atoms with Gasteiger partial charge in [-0.05, 0) is 41.6 Å². The first-order valence-corrected chi connectivity index (χ1v) is 9.99. The summed E-state index contributed by atoms with van der Waals surface area (Å²) in [6.45, 7) is 0.732. The molecule has 3 aromatic carbocycles. The number of H-pyrrole nitrogens is 1. The third kappa shape index (κ3) is 2.83. The lowest BCUT2D eigenvalue weighted by atomic mass is 9.91. The summed E-state index contributed by atoms with van der Waals surface area (Å²) in [7, 11) is 1.89. The quantitative estimate of drug-likeness (QED) is 0.436. The molecule has 0 bridgehead atoms. The van der Waals surface area contributed by atoms with Crippen LogP contribution >= 0.6 is 11.6 Å². The van der Waals surface area contributed by atoms with Gasteiger partial charge in [-0.3, -0.25) is 14.9 Å². The Morgan fingerprint density at radius 3 is 2.57 bits per heavy atom. The first-order chi connectivity index (χ1) is 14.6. The van der Waals surface area contributed by atoms with Crippen molar-refractivity contribution in [2.75, 3.05) is 7.05 Å². The van der Waals surface area contributed by atoms with Gasteiger partial charge in [-0.2, -0.15) is 0 Å². The number of hydrogen-bond acceptors (Lipinski definition) is 3. The van der Waals surface area contributed by atoms with Gasteiger partial charge in [0.05, 0.1) is 11.1 Å². The minimum Gasteiger partial charge on any atom is -0.361 e. The summed E-state index contributed by atoms with van der Waals surface area (Å²) in [5, 5.41) is 8.70. The number of aromatic nitrogens is 1. The summed E-state index contributed by atoms with van der Waals surface area (Å²) in [4.78, 5) is 28.9. The number of rotatable bonds is 4. The second-order valence-corrected chi connectivity index (χ2v) is 7.70. The van der Waals surface area contributed by atoms with Gasteiger partial charge in [0.2, 0.25) is 0 Å². The van der Waals surface area contributed by atoms with Crippen LogP contribution in [0.5, 0.6) is 0 Å². The van der Waals surface area contributed by atoms with Crippen molar-refractivity contribution >= 4 is 56.2 Å². The van der Waals surface area contributed by atoms with Crippen molar-refractivity contribution in [3.05, 3.63) is 82.5 Å². The first kappa shape index (κ1) is 18.6. The Labute approximate surface area is 177 Å². The molecule has 0 saturated carbocycles. The number of halogens is 1. The Morgan fingerprint density at radius 2 is 1.73 bits per heavy atom. The molecular formula is C24H18ClN3O2. The van der Waals surface area contributed by atoms with Gasteiger partial charge in [-0.1, -0.05) is 48.0 Å². The fourth-order valence-corrected chi connectivity index (χ4v) is 4.41. The number of fused-ring (bicyclic) bond motifs is 2. The molecule has 5 rings (SSSR count). The van der Waals surface area contributed by atoms with Gasteiger partial charge >= 0.3 is 0 Å². The molecule has 6 heteroatoms. The normalized spacial score (nSPS) is 14.2. The highest BCUT2D eigenvalue weighted by Crippen LogP contribution is 2.40. The maximum Gasteiger partial charge on any atom is 0.259 e. The van der Waals surface area contributed by atoms with E-state index in [1.165, 1.54) is 0 Å². The molecule has 0 unspecified atom stereocenters. The van der Waals surface area contributed by atoms with Crippen LogP contribution in [-0.2, 0) is 16.1 Å². The van der Waals surface area contributed by atoms with Crippen molar-refractivity contribution in [2.45, 2.75) is 6.54 Å². The lowest BCUT2D eigenvalue weighted by Gasteiger charge is -2.12. The first-order valence-electron chi connectivity index (χ1n) is 9.61. The molecule has 3 N–H and O–H groups in total. The molecule has 2 heterocycles. The maximum atomic E-state index is 12.9. The smallest absolute Gasteiger partial charge is 0.259 e. The van der Waals surface area contributed by atoms with Crippen LogP contribution in [0, 0.1) is 0 Å². The van der Waals surface area contributed by atoms with Gasteiger partial charge in [0.25, 0.3) is 11.8 Å². The van der Waals surface area contributed by atoms with Gasteiger partial charge in [0.1, 0.15) is 0 Å². The molecule has 148 valence electrons. The van der Waals surface area contributed by atoms with E-state index < -0.39 is 11.8 Å². The van der Waals surface area contributed by atoms with Gasteiger partial charge < -0.3 is 10.3 Å². The third-order valence-electron chi connectivity index (χ3n) is 5.45. The molecule has 1 aliphatic heterocycles. The lowest BCUT2D eigenvalue weighted by molar-refractivity contribution is -0.122. The SMILES string of the molecule is CNCc1ccc2c(C3=C(c4c[nH]c5ccccc45)C(=O)NC3=O)c(Cl)ccc2c1. The van der Waals surface area contributed by atoms with Crippen LogP contribution in [0.15, 0.2) is 60.8 Å². The zero-order chi connectivity index (χ0) is 20.8. The highest BCUT2D eigenvalue weighted by atomic mass is 35.5. The molecular weight excluding hydrogens is 398 g/mol. The number of amides is 2. The molecule has 5 nitrogen and oxygen atoms in total. The van der Waals surface area contributed by atoms with E-state index in [1.807, 2.05) is 49.5 Å². The number of nitrogens with one attached hydrogen (secondary N) is 3. The molecule has 1 aromatic heterocycles. The van der Waals surface area contributed by atoms with E-state index in [0.29, 0.717) is 27.3 Å². The summed E-state index contributed by atoms with van der Waals surface area (Å²) in [6.07, 6.45) is 1.77. The minimum absolute atomic E-state index is 0.307. The maximum absolute atomic E-state index is 12.9. The Bertz CT molecular complexity index is 1380. The van der Waals surface area contributed by atoms with E-state index in [9.17, 15) is 9.59 Å². The molecule has 0 radical (unpaired) electrons. The van der Waals surface area contributed by atoms with Crippen LogP contribution in [0.2, 0.25) is 5.02 Å². The molecule has 4 aromatic rings. The summed E-state index contributed by atoms with van der Waals surface area (Å²) in [5.74, 6) is -0.853. The largest absolute Gasteiger partial charge is 0.361 e. The van der Waals surface area contributed by atoms with Crippen molar-refractivity contribution in [1.82, 2.24) is 15.6 Å². The lowest BCUT2D eigenvalue weighted by Crippen LogP contribution is -2.22. The highest BCUT2D eigenvalue weighted by Gasteiger charge is 2.35. The number of benzene rings is 3. The number of hydrogen-bond donors (Lipinski definition) is 3. The Morgan fingerprint density at radius 1 is 0.933 bits per heavy atom. The molecule has 1 aliphatic rings. The summed E-state index contributed by atoms with van der Waals surface area (Å²) >= 11 is 6.60. The third-order valence-corrected chi connectivity index (χ3v) is 5.77. The average molecular weight is 416 g/mol. The van der Waals surface area contributed by atoms with Crippen molar-refractivity contribution in [3.63, 3.8) is 0 Å². The molecule has 0 aliphatic carbocycles. The zero-order valence-corrected chi connectivity index (χ0v) is 16.9. The van der Waals surface area contributed by atoms with E-state index in [2.05, 4.69) is 21.7 Å². The monoisotopic (exact) mass is 415 g/mol. The van der Waals surface area contributed by atoms with Crippen LogP contribution in [0.3, 0.4) is 0 Å². The fraction of sp³-hybridized carbons (Fsp3) is 0.0833. The van der Waals surface area contributed by atoms with Gasteiger partial charge in [-0.25, -0.2) is 0 Å². The Kier molecular flexibility index (Phi) is 4.42. The fourth-order valence-electron chi connectivity index (χ4n) is 4.15. The van der Waals surface area contributed by atoms with Crippen LogP contribution in [-0.4, -0.2) is 23.8 Å². The number of para-hydroxylation sites is 1. The van der Waals surface area contributed by atoms with Crippen molar-refractivity contribution in [3.8, 4) is 0 Å². The Hall–Kier alpha value is -3.41. The van der Waals surface area contributed by atoms with Crippen molar-refractivity contribution in [1.29, 1.82) is 0 Å². The summed E-state index contributed by atoms with van der Waals surface area (Å²) < 4.78 is 0. The molecule has 0 spiro atoms. The average Bonchev–Trinajstić information content (AvgIpc) is 3.28. The minimum atomic E-state index is -0.436. The molecule has 30 heavy (non-hydrogen) atoms. The predicted octanol–water partition coefficient (Wildman–Crippen LogP) is 4.26. The number of imide groups is 1. The second kappa shape index (κ2) is 7.13. The second-order valence-electron chi connectivity index (χ2n) is 7.29.